The lowest BCUT2D eigenvalue weighted by Gasteiger charge is -2.26. The van der Waals surface area contributed by atoms with Crippen LogP contribution in [-0.2, 0) is 11.3 Å². The number of thiazole rings is 1. The first-order valence-corrected chi connectivity index (χ1v) is 9.66. The lowest BCUT2D eigenvalue weighted by molar-refractivity contribution is 0.0369. The molecule has 3 rings (SSSR count). The van der Waals surface area contributed by atoms with Gasteiger partial charge in [0.25, 0.3) is 0 Å². The molecule has 24 heavy (non-hydrogen) atoms. The van der Waals surface area contributed by atoms with Crippen molar-refractivity contribution in [2.24, 2.45) is 4.99 Å². The van der Waals surface area contributed by atoms with E-state index in [1.165, 1.54) is 5.69 Å². The molecule has 0 radical (unpaired) electrons. The second kappa shape index (κ2) is 8.30. The summed E-state index contributed by atoms with van der Waals surface area (Å²) in [6, 6.07) is 5.89. The maximum Gasteiger partial charge on any atom is 0.190 e. The van der Waals surface area contributed by atoms with E-state index in [4.69, 9.17) is 21.3 Å². The number of morpholine rings is 1. The van der Waals surface area contributed by atoms with E-state index >= 15 is 0 Å². The summed E-state index contributed by atoms with van der Waals surface area (Å²) in [5.41, 5.74) is 3.25. The third-order valence-electron chi connectivity index (χ3n) is 4.41. The van der Waals surface area contributed by atoms with Gasteiger partial charge in [-0.2, -0.15) is 0 Å². The highest BCUT2D eigenvalue weighted by molar-refractivity contribution is 7.07. The summed E-state index contributed by atoms with van der Waals surface area (Å²) in [6.45, 7) is 10.1. The Bertz CT molecular complexity index is 747. The topological polar surface area (TPSA) is 29.8 Å². The molecular weight excluding hydrogens is 342 g/mol. The highest BCUT2D eigenvalue weighted by Crippen LogP contribution is 2.25. The van der Waals surface area contributed by atoms with E-state index in [1.54, 1.807) is 11.3 Å². The molecular formula is C18H24ClN3OS. The zero-order valence-corrected chi connectivity index (χ0v) is 15.9. The Morgan fingerprint density at radius 3 is 2.79 bits per heavy atom. The number of rotatable bonds is 5. The van der Waals surface area contributed by atoms with Crippen molar-refractivity contribution in [3.63, 3.8) is 0 Å². The van der Waals surface area contributed by atoms with Crippen molar-refractivity contribution >= 4 is 28.6 Å². The molecule has 130 valence electrons. The number of hydrogen-bond donors (Lipinski definition) is 0. The quantitative estimate of drug-likeness (QED) is 0.807. The molecule has 0 atom stereocenters. The van der Waals surface area contributed by atoms with E-state index in [-0.39, 0.29) is 0 Å². The number of ether oxygens (including phenoxy) is 1. The lowest BCUT2D eigenvalue weighted by atomic mass is 10.2. The molecule has 0 bridgehead atoms. The summed E-state index contributed by atoms with van der Waals surface area (Å²) in [5.74, 6) is 0. The highest BCUT2D eigenvalue weighted by atomic mass is 35.5. The minimum Gasteiger partial charge on any atom is -0.379 e. The third-order valence-corrected chi connectivity index (χ3v) is 5.80. The van der Waals surface area contributed by atoms with Crippen LogP contribution in [-0.4, -0.2) is 42.3 Å². The molecule has 6 heteroatoms. The van der Waals surface area contributed by atoms with Crippen LogP contribution in [0.15, 0.2) is 28.6 Å². The number of hydrogen-bond acceptors (Lipinski definition) is 4. The summed E-state index contributed by atoms with van der Waals surface area (Å²) >= 11 is 7.91. The van der Waals surface area contributed by atoms with Gasteiger partial charge in [-0.15, -0.1) is 11.3 Å². The van der Waals surface area contributed by atoms with Crippen LogP contribution in [0.3, 0.4) is 0 Å². The first kappa shape index (κ1) is 17.7. The van der Waals surface area contributed by atoms with Crippen molar-refractivity contribution in [2.75, 3.05) is 32.8 Å². The first-order valence-electron chi connectivity index (χ1n) is 8.40. The summed E-state index contributed by atoms with van der Waals surface area (Å²) in [4.78, 5) is 8.37. The largest absolute Gasteiger partial charge is 0.379 e. The van der Waals surface area contributed by atoms with Crippen molar-refractivity contribution in [2.45, 2.75) is 26.8 Å². The van der Waals surface area contributed by atoms with Crippen LogP contribution in [0.1, 0.15) is 17.7 Å². The van der Waals surface area contributed by atoms with Crippen LogP contribution in [0.2, 0.25) is 5.02 Å². The molecule has 0 N–H and O–H groups in total. The molecule has 0 amide bonds. The fourth-order valence-electron chi connectivity index (χ4n) is 2.87. The molecule has 1 fully saturated rings. The van der Waals surface area contributed by atoms with Crippen LogP contribution in [0.5, 0.6) is 0 Å². The number of aryl methyl sites for hydroxylation is 1. The SMILES string of the molecule is Cc1c(Cl)cccc1N=c1scc(C)n1CCCN1CCOCC1. The van der Waals surface area contributed by atoms with Crippen LogP contribution >= 0.6 is 22.9 Å². The van der Waals surface area contributed by atoms with Crippen molar-refractivity contribution in [1.29, 1.82) is 0 Å². The van der Waals surface area contributed by atoms with E-state index in [0.29, 0.717) is 0 Å². The van der Waals surface area contributed by atoms with Crippen molar-refractivity contribution < 1.29 is 4.74 Å². The van der Waals surface area contributed by atoms with Gasteiger partial charge in [-0.3, -0.25) is 4.90 Å². The van der Waals surface area contributed by atoms with Gasteiger partial charge in [0.05, 0.1) is 18.9 Å². The van der Waals surface area contributed by atoms with Gasteiger partial charge in [-0.25, -0.2) is 4.99 Å². The molecule has 0 spiro atoms. The number of halogens is 1. The lowest BCUT2D eigenvalue weighted by Crippen LogP contribution is -2.37. The molecule has 1 saturated heterocycles. The van der Waals surface area contributed by atoms with Gasteiger partial charge in [0, 0.05) is 42.3 Å². The maximum absolute atomic E-state index is 6.22. The molecule has 1 aliphatic heterocycles. The molecule has 0 aliphatic carbocycles. The second-order valence-electron chi connectivity index (χ2n) is 6.11. The summed E-state index contributed by atoms with van der Waals surface area (Å²) in [5, 5.41) is 2.94. The summed E-state index contributed by atoms with van der Waals surface area (Å²) < 4.78 is 7.72. The van der Waals surface area contributed by atoms with Crippen molar-refractivity contribution in [3.8, 4) is 0 Å². The van der Waals surface area contributed by atoms with Gasteiger partial charge < -0.3 is 9.30 Å². The van der Waals surface area contributed by atoms with Crippen LogP contribution in [0, 0.1) is 13.8 Å². The average Bonchev–Trinajstić information content (AvgIpc) is 2.93. The molecule has 1 aliphatic rings. The predicted octanol–water partition coefficient (Wildman–Crippen LogP) is 3.77. The number of aromatic nitrogens is 1. The fraction of sp³-hybridized carbons (Fsp3) is 0.500. The Kier molecular flexibility index (Phi) is 6.11. The Hall–Kier alpha value is -1.14. The maximum atomic E-state index is 6.22. The van der Waals surface area contributed by atoms with E-state index in [0.717, 1.165) is 66.9 Å². The standard InChI is InChI=1S/C18H24ClN3OS/c1-14-13-24-18(20-17-6-3-5-16(19)15(17)2)22(14)8-4-7-21-9-11-23-12-10-21/h3,5-6,13H,4,7-12H2,1-2H3. The van der Waals surface area contributed by atoms with Crippen LogP contribution < -0.4 is 4.80 Å². The zero-order chi connectivity index (χ0) is 16.9. The Labute approximate surface area is 152 Å². The molecule has 2 heterocycles. The molecule has 0 unspecified atom stereocenters. The van der Waals surface area contributed by atoms with E-state index in [2.05, 4.69) is 21.8 Å². The predicted molar refractivity (Wildman–Crippen MR) is 100 cm³/mol. The van der Waals surface area contributed by atoms with E-state index in [9.17, 15) is 0 Å². The smallest absolute Gasteiger partial charge is 0.190 e. The van der Waals surface area contributed by atoms with E-state index in [1.807, 2.05) is 25.1 Å². The Balaban J connectivity index is 1.73. The molecule has 2 aromatic rings. The van der Waals surface area contributed by atoms with Gasteiger partial charge in [-0.05, 0) is 38.0 Å². The van der Waals surface area contributed by atoms with Gasteiger partial charge in [-0.1, -0.05) is 17.7 Å². The Morgan fingerprint density at radius 1 is 1.21 bits per heavy atom. The van der Waals surface area contributed by atoms with Gasteiger partial charge >= 0.3 is 0 Å². The van der Waals surface area contributed by atoms with Gasteiger partial charge in [0.2, 0.25) is 0 Å². The molecule has 4 nitrogen and oxygen atoms in total. The monoisotopic (exact) mass is 365 g/mol. The van der Waals surface area contributed by atoms with E-state index < -0.39 is 0 Å². The number of nitrogens with zero attached hydrogens (tertiary/aromatic N) is 3. The molecule has 0 saturated carbocycles. The van der Waals surface area contributed by atoms with Crippen molar-refractivity contribution in [1.82, 2.24) is 9.47 Å². The second-order valence-corrected chi connectivity index (χ2v) is 7.36. The Morgan fingerprint density at radius 2 is 2.00 bits per heavy atom. The zero-order valence-electron chi connectivity index (χ0n) is 14.3. The molecule has 1 aromatic carbocycles. The summed E-state index contributed by atoms with van der Waals surface area (Å²) in [7, 11) is 0. The number of benzene rings is 1. The first-order chi connectivity index (χ1) is 11.6. The minimum absolute atomic E-state index is 0.767. The van der Waals surface area contributed by atoms with Crippen molar-refractivity contribution in [3.05, 3.63) is 44.7 Å². The van der Waals surface area contributed by atoms with Gasteiger partial charge in [0.15, 0.2) is 4.80 Å². The average molecular weight is 366 g/mol. The molecule has 1 aromatic heterocycles. The minimum atomic E-state index is 0.767. The van der Waals surface area contributed by atoms with Gasteiger partial charge in [0.1, 0.15) is 0 Å². The van der Waals surface area contributed by atoms with Crippen LogP contribution in [0.4, 0.5) is 5.69 Å². The van der Waals surface area contributed by atoms with Crippen LogP contribution in [0.25, 0.3) is 0 Å². The summed E-state index contributed by atoms with van der Waals surface area (Å²) in [6.07, 6.45) is 1.12. The highest BCUT2D eigenvalue weighted by Gasteiger charge is 2.10. The fourth-order valence-corrected chi connectivity index (χ4v) is 3.96. The normalized spacial score (nSPS) is 16.7. The third kappa shape index (κ3) is 4.28.